The summed E-state index contributed by atoms with van der Waals surface area (Å²) < 4.78 is 0. The van der Waals surface area contributed by atoms with Crippen molar-refractivity contribution in [1.82, 2.24) is 0 Å². The van der Waals surface area contributed by atoms with Crippen LogP contribution in [0.1, 0.15) is 51.4 Å². The topological polar surface area (TPSA) is 156 Å². The van der Waals surface area contributed by atoms with Gasteiger partial charge in [-0.1, -0.05) is 0 Å². The highest BCUT2D eigenvalue weighted by atomic mass is 16.4. The van der Waals surface area contributed by atoms with Crippen LogP contribution in [-0.2, 0) is 9.59 Å². The van der Waals surface area contributed by atoms with Crippen LogP contribution in [0.3, 0.4) is 0 Å². The minimum absolute atomic E-state index is 0.0628. The van der Waals surface area contributed by atoms with Crippen molar-refractivity contribution in [3.8, 4) is 0 Å². The van der Waals surface area contributed by atoms with Crippen molar-refractivity contribution >= 4 is 11.9 Å². The van der Waals surface area contributed by atoms with Crippen LogP contribution in [-0.4, -0.2) is 69.0 Å². The Balaban J connectivity index is -0.000000261. The maximum absolute atomic E-state index is 9.90. The van der Waals surface area contributed by atoms with Gasteiger partial charge in [0.2, 0.25) is 0 Å². The molecule has 0 aromatic heterocycles. The molecule has 0 amide bonds. The molecule has 0 heterocycles. The molecule has 0 atom stereocenters. The van der Waals surface area contributed by atoms with Crippen molar-refractivity contribution in [2.45, 2.75) is 51.4 Å². The zero-order valence-corrected chi connectivity index (χ0v) is 13.0. The molecule has 0 aromatic rings. The number of carbonyl (C=O) groups is 2. The van der Waals surface area contributed by atoms with Crippen molar-refractivity contribution < 1.29 is 40.2 Å². The quantitative estimate of drug-likeness (QED) is 0.294. The molecule has 0 spiro atoms. The second-order valence-electron chi connectivity index (χ2n) is 4.30. The van der Waals surface area contributed by atoms with Gasteiger partial charge in [0.25, 0.3) is 0 Å². The lowest BCUT2D eigenvalue weighted by atomic mass is 10.2. The summed E-state index contributed by atoms with van der Waals surface area (Å²) in [6.45, 7) is 0.780. The molecule has 6 N–H and O–H groups in total. The van der Waals surface area contributed by atoms with E-state index in [0.29, 0.717) is 12.8 Å². The highest BCUT2D eigenvalue weighted by Crippen LogP contribution is 1.98. The van der Waals surface area contributed by atoms with Crippen molar-refractivity contribution in [1.29, 1.82) is 0 Å². The van der Waals surface area contributed by atoms with Crippen LogP contribution in [0.25, 0.3) is 0 Å². The summed E-state index contributed by atoms with van der Waals surface area (Å²) in [5, 5.41) is 48.6. The molecule has 0 aliphatic heterocycles. The number of carboxylic acid groups (broad SMARTS) is 2. The van der Waals surface area contributed by atoms with Crippen molar-refractivity contribution in [2.75, 3.05) is 26.4 Å². The third kappa shape index (κ3) is 42.8. The Morgan fingerprint density at radius 1 is 0.500 bits per heavy atom. The van der Waals surface area contributed by atoms with Crippen LogP contribution < -0.4 is 0 Å². The van der Waals surface area contributed by atoms with E-state index in [0.717, 1.165) is 25.7 Å². The molecule has 0 bridgehead atoms. The molecule has 0 unspecified atom stereocenters. The van der Waals surface area contributed by atoms with Crippen LogP contribution in [0.4, 0.5) is 0 Å². The molecule has 0 fully saturated rings. The van der Waals surface area contributed by atoms with Gasteiger partial charge in [0, 0.05) is 39.3 Å². The molecule has 0 saturated heterocycles. The summed E-state index contributed by atoms with van der Waals surface area (Å²) in [7, 11) is 0. The fraction of sp³-hybridized carbons (Fsp3) is 0.857. The molecule has 0 aliphatic carbocycles. The molecular formula is C14H30O8. The summed E-state index contributed by atoms with van der Waals surface area (Å²) >= 11 is 0. The summed E-state index contributed by atoms with van der Waals surface area (Å²) in [6.07, 6.45) is 3.89. The zero-order valence-electron chi connectivity index (χ0n) is 13.0. The van der Waals surface area contributed by atoms with Gasteiger partial charge in [-0.05, 0) is 38.5 Å². The van der Waals surface area contributed by atoms with Crippen molar-refractivity contribution in [3.63, 3.8) is 0 Å². The minimum Gasteiger partial charge on any atom is -0.481 e. The molecular weight excluding hydrogens is 296 g/mol. The Kier molecular flexibility index (Phi) is 29.0. The molecule has 0 radical (unpaired) electrons. The molecule has 22 heavy (non-hydrogen) atoms. The molecule has 0 rings (SSSR count). The zero-order chi connectivity index (χ0) is 17.6. The molecule has 134 valence electrons. The first kappa shape index (κ1) is 25.7. The standard InChI is InChI=1S/C6H10O4.2C4H10O2/c7-5(8)3-1-2-4-6(9)10;2*5-3-1-2-4-6/h1-4H2,(H,7,8)(H,9,10);2*5-6H,1-4H2. The third-order valence-electron chi connectivity index (χ3n) is 2.16. The minimum atomic E-state index is -0.870. The summed E-state index contributed by atoms with van der Waals surface area (Å²) in [4.78, 5) is 19.8. The average molecular weight is 326 g/mol. The van der Waals surface area contributed by atoms with Gasteiger partial charge in [-0.2, -0.15) is 0 Å². The lowest BCUT2D eigenvalue weighted by Gasteiger charge is -1.92. The van der Waals surface area contributed by atoms with E-state index in [4.69, 9.17) is 30.6 Å². The van der Waals surface area contributed by atoms with Gasteiger partial charge in [0.15, 0.2) is 0 Å². The highest BCUT2D eigenvalue weighted by molar-refractivity contribution is 5.67. The predicted octanol–water partition coefficient (Wildman–Crippen LogP) is 0.218. The van der Waals surface area contributed by atoms with Gasteiger partial charge in [-0.3, -0.25) is 9.59 Å². The van der Waals surface area contributed by atoms with Crippen LogP contribution in [0, 0.1) is 0 Å². The monoisotopic (exact) mass is 326 g/mol. The number of aliphatic carboxylic acids is 2. The van der Waals surface area contributed by atoms with E-state index in [1.807, 2.05) is 0 Å². The number of hydrogen-bond acceptors (Lipinski definition) is 6. The van der Waals surface area contributed by atoms with E-state index < -0.39 is 11.9 Å². The van der Waals surface area contributed by atoms with Gasteiger partial charge in [0.1, 0.15) is 0 Å². The molecule has 0 saturated carbocycles. The number of unbranched alkanes of at least 4 members (excludes halogenated alkanes) is 3. The second-order valence-corrected chi connectivity index (χ2v) is 4.30. The van der Waals surface area contributed by atoms with E-state index in [9.17, 15) is 9.59 Å². The molecule has 0 aromatic carbocycles. The van der Waals surface area contributed by atoms with E-state index in [-0.39, 0.29) is 39.3 Å². The Bertz CT molecular complexity index is 201. The lowest BCUT2D eigenvalue weighted by molar-refractivity contribution is -0.139. The van der Waals surface area contributed by atoms with Crippen LogP contribution >= 0.6 is 0 Å². The van der Waals surface area contributed by atoms with E-state index >= 15 is 0 Å². The fourth-order valence-corrected chi connectivity index (χ4v) is 1.000. The maximum atomic E-state index is 9.90. The number of carboxylic acids is 2. The largest absolute Gasteiger partial charge is 0.481 e. The van der Waals surface area contributed by atoms with E-state index in [1.54, 1.807) is 0 Å². The van der Waals surface area contributed by atoms with E-state index in [1.165, 1.54) is 0 Å². The Morgan fingerprint density at radius 3 is 0.864 bits per heavy atom. The number of aliphatic hydroxyl groups excluding tert-OH is 4. The molecule has 0 aliphatic rings. The van der Waals surface area contributed by atoms with Crippen LogP contribution in [0.15, 0.2) is 0 Å². The van der Waals surface area contributed by atoms with E-state index in [2.05, 4.69) is 0 Å². The normalized spacial score (nSPS) is 9.09. The smallest absolute Gasteiger partial charge is 0.303 e. The number of rotatable bonds is 11. The molecule has 8 nitrogen and oxygen atoms in total. The van der Waals surface area contributed by atoms with Crippen LogP contribution in [0.2, 0.25) is 0 Å². The average Bonchev–Trinajstić information content (AvgIpc) is 2.48. The Hall–Kier alpha value is -1.22. The van der Waals surface area contributed by atoms with Crippen molar-refractivity contribution in [2.24, 2.45) is 0 Å². The SMILES string of the molecule is O=C(O)CCCCC(=O)O.OCCCCO.OCCCCO. The first-order chi connectivity index (χ1) is 10.5. The first-order valence-corrected chi connectivity index (χ1v) is 7.33. The van der Waals surface area contributed by atoms with Crippen molar-refractivity contribution in [3.05, 3.63) is 0 Å². The Labute approximate surface area is 131 Å². The van der Waals surface area contributed by atoms with Gasteiger partial charge >= 0.3 is 11.9 Å². The van der Waals surface area contributed by atoms with Gasteiger partial charge < -0.3 is 30.6 Å². The van der Waals surface area contributed by atoms with Gasteiger partial charge in [-0.15, -0.1) is 0 Å². The number of hydrogen-bond donors (Lipinski definition) is 6. The summed E-state index contributed by atoms with van der Waals surface area (Å²) in [5.41, 5.74) is 0. The predicted molar refractivity (Wildman–Crippen MR) is 80.6 cm³/mol. The summed E-state index contributed by atoms with van der Waals surface area (Å²) in [6, 6.07) is 0. The lowest BCUT2D eigenvalue weighted by Crippen LogP contribution is -1.97. The van der Waals surface area contributed by atoms with Crippen LogP contribution in [0.5, 0.6) is 0 Å². The fourth-order valence-electron chi connectivity index (χ4n) is 1.000. The molecule has 8 heteroatoms. The summed E-state index contributed by atoms with van der Waals surface area (Å²) in [5.74, 6) is -1.74. The maximum Gasteiger partial charge on any atom is 0.303 e. The third-order valence-corrected chi connectivity index (χ3v) is 2.16. The van der Waals surface area contributed by atoms with Gasteiger partial charge in [-0.25, -0.2) is 0 Å². The Morgan fingerprint density at radius 2 is 0.727 bits per heavy atom. The second kappa shape index (κ2) is 24.8. The number of aliphatic hydroxyl groups is 4. The van der Waals surface area contributed by atoms with Gasteiger partial charge in [0.05, 0.1) is 0 Å². The first-order valence-electron chi connectivity index (χ1n) is 7.33. The highest BCUT2D eigenvalue weighted by Gasteiger charge is 1.99.